The van der Waals surface area contributed by atoms with Crippen molar-refractivity contribution >= 4 is 0 Å². The highest BCUT2D eigenvalue weighted by atomic mass is 14.8. The van der Waals surface area contributed by atoms with E-state index in [1.54, 1.807) is 0 Å². The van der Waals surface area contributed by atoms with Gasteiger partial charge in [-0.15, -0.1) is 0 Å². The summed E-state index contributed by atoms with van der Waals surface area (Å²) in [7, 11) is 0. The first-order valence-electron chi connectivity index (χ1n) is 10.0. The van der Waals surface area contributed by atoms with E-state index >= 15 is 0 Å². The van der Waals surface area contributed by atoms with Gasteiger partial charge in [0.25, 0.3) is 0 Å². The number of hydrogen-bond donors (Lipinski definition) is 1. The van der Waals surface area contributed by atoms with E-state index in [0.29, 0.717) is 5.92 Å². The zero-order valence-corrected chi connectivity index (χ0v) is 15.8. The van der Waals surface area contributed by atoms with Crippen LogP contribution in [0.2, 0.25) is 0 Å². The molecule has 1 aromatic carbocycles. The second-order valence-corrected chi connectivity index (χ2v) is 7.25. The molecule has 1 nitrogen and oxygen atoms in total. The minimum absolute atomic E-state index is 0.0335. The lowest BCUT2D eigenvalue weighted by Crippen LogP contribution is -2.45. The summed E-state index contributed by atoms with van der Waals surface area (Å²) in [6.45, 7) is 6.82. The summed E-state index contributed by atoms with van der Waals surface area (Å²) < 4.78 is 0. The van der Waals surface area contributed by atoms with Crippen LogP contribution in [0.3, 0.4) is 0 Å². The molecule has 0 heterocycles. The first-order valence-corrected chi connectivity index (χ1v) is 10.0. The van der Waals surface area contributed by atoms with E-state index < -0.39 is 0 Å². The molecule has 0 aromatic heterocycles. The average molecular weight is 318 g/mol. The Labute approximate surface area is 145 Å². The fourth-order valence-electron chi connectivity index (χ4n) is 4.00. The van der Waals surface area contributed by atoms with Gasteiger partial charge < -0.3 is 5.73 Å². The van der Waals surface area contributed by atoms with E-state index in [9.17, 15) is 0 Å². The Bertz CT molecular complexity index is 378. The monoisotopic (exact) mass is 317 g/mol. The van der Waals surface area contributed by atoms with Gasteiger partial charge in [0.2, 0.25) is 0 Å². The summed E-state index contributed by atoms with van der Waals surface area (Å²) in [5, 5.41) is 0. The van der Waals surface area contributed by atoms with Gasteiger partial charge in [0.05, 0.1) is 0 Å². The zero-order chi connectivity index (χ0) is 17.0. The van der Waals surface area contributed by atoms with Gasteiger partial charge in [-0.05, 0) is 24.8 Å². The van der Waals surface area contributed by atoms with Crippen molar-refractivity contribution in [2.45, 2.75) is 103 Å². The topological polar surface area (TPSA) is 26.0 Å². The number of rotatable bonds is 13. The van der Waals surface area contributed by atoms with Gasteiger partial charge in [0.1, 0.15) is 0 Å². The van der Waals surface area contributed by atoms with Gasteiger partial charge in [-0.3, -0.25) is 0 Å². The van der Waals surface area contributed by atoms with Crippen molar-refractivity contribution in [3.05, 3.63) is 35.9 Å². The van der Waals surface area contributed by atoms with Gasteiger partial charge in [-0.1, -0.05) is 102 Å². The number of benzene rings is 1. The molecule has 0 amide bonds. The first kappa shape index (κ1) is 20.2. The van der Waals surface area contributed by atoms with Crippen LogP contribution in [-0.2, 0) is 0 Å². The molecule has 1 atom stereocenters. The van der Waals surface area contributed by atoms with Crippen molar-refractivity contribution in [2.24, 2.45) is 5.73 Å². The second-order valence-electron chi connectivity index (χ2n) is 7.25. The molecule has 0 fully saturated rings. The van der Waals surface area contributed by atoms with E-state index in [4.69, 9.17) is 5.73 Å². The van der Waals surface area contributed by atoms with Crippen LogP contribution in [0.4, 0.5) is 0 Å². The molecule has 0 aliphatic heterocycles. The highest BCUT2D eigenvalue weighted by Crippen LogP contribution is 2.37. The first-order chi connectivity index (χ1) is 11.2. The molecule has 0 aliphatic carbocycles. The van der Waals surface area contributed by atoms with Crippen LogP contribution in [0.5, 0.6) is 0 Å². The third-order valence-electron chi connectivity index (χ3n) is 5.17. The summed E-state index contributed by atoms with van der Waals surface area (Å²) in [6, 6.07) is 11.0. The smallest absolute Gasteiger partial charge is 0.0223 e. The molecule has 0 saturated heterocycles. The summed E-state index contributed by atoms with van der Waals surface area (Å²) in [5.74, 6) is 0.509. The van der Waals surface area contributed by atoms with E-state index in [1.165, 1.54) is 63.4 Å². The van der Waals surface area contributed by atoms with Gasteiger partial charge in [0.15, 0.2) is 0 Å². The molecule has 0 saturated carbocycles. The molecule has 1 aromatic rings. The third kappa shape index (κ3) is 7.08. The molecule has 1 rings (SSSR count). The predicted molar refractivity (Wildman–Crippen MR) is 104 cm³/mol. The number of nitrogens with two attached hydrogens (primary N) is 1. The fraction of sp³-hybridized carbons (Fsp3) is 0.727. The third-order valence-corrected chi connectivity index (χ3v) is 5.17. The number of hydrogen-bond acceptors (Lipinski definition) is 1. The maximum absolute atomic E-state index is 6.96. The largest absolute Gasteiger partial charge is 0.325 e. The molecule has 1 unspecified atom stereocenters. The predicted octanol–water partition coefficient (Wildman–Crippen LogP) is 6.82. The molecule has 0 aliphatic rings. The highest BCUT2D eigenvalue weighted by molar-refractivity contribution is 5.24. The Balaban J connectivity index is 2.73. The molecule has 23 heavy (non-hydrogen) atoms. The lowest BCUT2D eigenvalue weighted by molar-refractivity contribution is 0.275. The van der Waals surface area contributed by atoms with Gasteiger partial charge in [-0.25, -0.2) is 0 Å². The lowest BCUT2D eigenvalue weighted by atomic mass is 9.72. The molecule has 0 spiro atoms. The Morgan fingerprint density at radius 2 is 1.35 bits per heavy atom. The zero-order valence-electron chi connectivity index (χ0n) is 15.8. The number of unbranched alkanes of at least 4 members (excludes halogenated alkanes) is 5. The SMILES string of the molecule is CCCCCCCCC(c1ccccc1)C(N)(CCC)CCC. The standard InChI is InChI=1S/C22H39N/c1-4-7-8-9-10-14-17-21(20-15-12-11-13-16-20)22(23,18-5-2)19-6-3/h11-13,15-16,21H,4-10,14,17-19,23H2,1-3H3. The van der Waals surface area contributed by atoms with Crippen molar-refractivity contribution in [1.29, 1.82) is 0 Å². The Hall–Kier alpha value is -0.820. The van der Waals surface area contributed by atoms with Crippen LogP contribution in [-0.4, -0.2) is 5.54 Å². The molecule has 1 heteroatoms. The molecule has 132 valence electrons. The maximum Gasteiger partial charge on any atom is 0.0223 e. The molecular weight excluding hydrogens is 278 g/mol. The maximum atomic E-state index is 6.96. The van der Waals surface area contributed by atoms with Crippen LogP contribution < -0.4 is 5.73 Å². The quantitative estimate of drug-likeness (QED) is 0.397. The Morgan fingerprint density at radius 3 is 1.91 bits per heavy atom. The summed E-state index contributed by atoms with van der Waals surface area (Å²) in [6.07, 6.45) is 14.0. The Morgan fingerprint density at radius 1 is 0.783 bits per heavy atom. The van der Waals surface area contributed by atoms with Crippen molar-refractivity contribution in [3.8, 4) is 0 Å². The average Bonchev–Trinajstić information content (AvgIpc) is 2.55. The minimum Gasteiger partial charge on any atom is -0.325 e. The van der Waals surface area contributed by atoms with Crippen LogP contribution in [0, 0.1) is 0 Å². The van der Waals surface area contributed by atoms with E-state index in [2.05, 4.69) is 51.1 Å². The van der Waals surface area contributed by atoms with Crippen molar-refractivity contribution in [1.82, 2.24) is 0 Å². The van der Waals surface area contributed by atoms with Crippen molar-refractivity contribution in [3.63, 3.8) is 0 Å². The summed E-state index contributed by atoms with van der Waals surface area (Å²) in [4.78, 5) is 0. The fourth-order valence-corrected chi connectivity index (χ4v) is 4.00. The van der Waals surface area contributed by atoms with Crippen LogP contribution in [0.15, 0.2) is 30.3 Å². The van der Waals surface area contributed by atoms with Crippen molar-refractivity contribution in [2.75, 3.05) is 0 Å². The Kier molecular flexibility index (Phi) is 10.3. The van der Waals surface area contributed by atoms with Gasteiger partial charge in [-0.2, -0.15) is 0 Å². The molecular formula is C22H39N. The highest BCUT2D eigenvalue weighted by Gasteiger charge is 2.33. The lowest BCUT2D eigenvalue weighted by Gasteiger charge is -2.38. The van der Waals surface area contributed by atoms with Crippen LogP contribution in [0.25, 0.3) is 0 Å². The molecule has 2 N–H and O–H groups in total. The molecule has 0 bridgehead atoms. The van der Waals surface area contributed by atoms with Crippen molar-refractivity contribution < 1.29 is 0 Å². The van der Waals surface area contributed by atoms with E-state index in [-0.39, 0.29) is 5.54 Å². The summed E-state index contributed by atoms with van der Waals surface area (Å²) >= 11 is 0. The van der Waals surface area contributed by atoms with Crippen LogP contribution >= 0.6 is 0 Å². The minimum atomic E-state index is -0.0335. The van der Waals surface area contributed by atoms with Crippen LogP contribution in [0.1, 0.15) is 103 Å². The van der Waals surface area contributed by atoms with E-state index in [0.717, 1.165) is 12.8 Å². The second kappa shape index (κ2) is 11.7. The molecule has 0 radical (unpaired) electrons. The normalized spacial score (nSPS) is 13.2. The van der Waals surface area contributed by atoms with E-state index in [1.807, 2.05) is 0 Å². The summed E-state index contributed by atoms with van der Waals surface area (Å²) in [5.41, 5.74) is 8.37. The van der Waals surface area contributed by atoms with Gasteiger partial charge in [0, 0.05) is 11.5 Å². The van der Waals surface area contributed by atoms with Gasteiger partial charge >= 0.3 is 0 Å².